The van der Waals surface area contributed by atoms with Crippen LogP contribution in [0.25, 0.3) is 0 Å². The van der Waals surface area contributed by atoms with E-state index < -0.39 is 14.6 Å². The Balaban J connectivity index is 0. The zero-order valence-electron chi connectivity index (χ0n) is 5.31. The maximum absolute atomic E-state index is 11.8. The minimum Gasteiger partial charge on any atom is -0.307 e. The van der Waals surface area contributed by atoms with Crippen LogP contribution in [0.15, 0.2) is 12.4 Å². The molecule has 0 aromatic heterocycles. The van der Waals surface area contributed by atoms with Crippen LogP contribution >= 0.6 is 8.25 Å². The van der Waals surface area contributed by atoms with Crippen LogP contribution in [0.2, 0.25) is 0 Å². The normalized spacial score (nSPS) is 13.5. The first-order chi connectivity index (χ1) is 5.16. The number of carbonyl (C=O) groups excluding carboxylic acids is 1. The van der Waals surface area contributed by atoms with E-state index in [2.05, 4.69) is 4.52 Å². The van der Waals surface area contributed by atoms with E-state index in [1.807, 2.05) is 6.79 Å². The van der Waals surface area contributed by atoms with E-state index in [9.17, 15) is 13.3 Å². The largest absolute Gasteiger partial charge is 0.698 e. The predicted octanol–water partition coefficient (Wildman–Crippen LogP) is 1.25. The van der Waals surface area contributed by atoms with Gasteiger partial charge in [0.05, 0.1) is 6.33 Å². The zero-order valence-corrected chi connectivity index (χ0v) is 6.21. The lowest BCUT2D eigenvalue weighted by atomic mass is 10.7. The lowest BCUT2D eigenvalue weighted by molar-refractivity contribution is -0.0980. The Labute approximate surface area is 62.4 Å². The molecule has 2 atom stereocenters. The van der Waals surface area contributed by atoms with Gasteiger partial charge in [-0.2, -0.15) is 0 Å². The van der Waals surface area contributed by atoms with Crippen molar-refractivity contribution < 1.29 is 27.6 Å². The lowest BCUT2D eigenvalue weighted by Gasteiger charge is -1.85. The van der Waals surface area contributed by atoms with Gasteiger partial charge in [-0.1, -0.05) is 4.52 Å². The SMILES string of the molecule is C=O.O=[P+](O)OC(F)C=CF. The maximum atomic E-state index is 11.8. The lowest BCUT2D eigenvalue weighted by Crippen LogP contribution is -1.93. The summed E-state index contributed by atoms with van der Waals surface area (Å²) in [6.07, 6.45) is -1.89. The molecule has 0 amide bonds. The van der Waals surface area contributed by atoms with Gasteiger partial charge in [0.25, 0.3) is 6.36 Å². The van der Waals surface area contributed by atoms with Crippen molar-refractivity contribution in [3.63, 3.8) is 0 Å². The highest BCUT2D eigenvalue weighted by Gasteiger charge is 2.19. The number of hydrogen-bond acceptors (Lipinski definition) is 3. The third kappa shape index (κ3) is 12.5. The average molecular weight is 187 g/mol. The fourth-order valence-electron chi connectivity index (χ4n) is 0.178. The number of carbonyl (C=O) groups is 1. The molecule has 7 heteroatoms. The van der Waals surface area contributed by atoms with E-state index in [1.54, 1.807) is 0 Å². The van der Waals surface area contributed by atoms with Crippen molar-refractivity contribution in [2.24, 2.45) is 0 Å². The van der Waals surface area contributed by atoms with Gasteiger partial charge in [-0.3, -0.25) is 0 Å². The molecule has 0 rings (SSSR count). The number of hydrogen-bond donors (Lipinski definition) is 1. The first-order valence-corrected chi connectivity index (χ1v) is 3.32. The van der Waals surface area contributed by atoms with Crippen LogP contribution in [0.5, 0.6) is 0 Å². The van der Waals surface area contributed by atoms with Crippen LogP contribution in [0.1, 0.15) is 0 Å². The van der Waals surface area contributed by atoms with Gasteiger partial charge in [0.1, 0.15) is 6.79 Å². The molecule has 0 aromatic carbocycles. The molecule has 0 saturated heterocycles. The highest BCUT2D eigenvalue weighted by Crippen LogP contribution is 2.18. The average Bonchev–Trinajstić information content (AvgIpc) is 1.91. The Morgan fingerprint density at radius 1 is 1.64 bits per heavy atom. The van der Waals surface area contributed by atoms with Crippen molar-refractivity contribution in [3.8, 4) is 0 Å². The van der Waals surface area contributed by atoms with Gasteiger partial charge in [0, 0.05) is 10.6 Å². The molecule has 0 bridgehead atoms. The van der Waals surface area contributed by atoms with Crippen molar-refractivity contribution in [2.45, 2.75) is 6.36 Å². The second kappa shape index (κ2) is 9.29. The Kier molecular flexibility index (Phi) is 10.9. The monoisotopic (exact) mass is 187 g/mol. The van der Waals surface area contributed by atoms with E-state index in [4.69, 9.17) is 9.69 Å². The van der Waals surface area contributed by atoms with E-state index >= 15 is 0 Å². The summed E-state index contributed by atoms with van der Waals surface area (Å²) in [6.45, 7) is 2.00. The molecule has 0 aliphatic rings. The predicted molar refractivity (Wildman–Crippen MR) is 33.2 cm³/mol. The van der Waals surface area contributed by atoms with Gasteiger partial charge in [-0.25, -0.2) is 8.78 Å². The molecule has 1 N–H and O–H groups in total. The molecule has 0 spiro atoms. The topological polar surface area (TPSA) is 63.6 Å². The standard InChI is InChI=1S/C3H3F2O3P.CH2O/c4-2-1-3(5)8-9(6)7;1-2/h1-3H;1H2/p+1. The van der Waals surface area contributed by atoms with E-state index in [-0.39, 0.29) is 6.33 Å². The van der Waals surface area contributed by atoms with E-state index in [0.29, 0.717) is 6.08 Å². The van der Waals surface area contributed by atoms with Crippen molar-refractivity contribution in [1.29, 1.82) is 0 Å². The van der Waals surface area contributed by atoms with Crippen LogP contribution in [-0.2, 0) is 13.9 Å². The smallest absolute Gasteiger partial charge is 0.307 e. The third-order valence-electron chi connectivity index (χ3n) is 0.415. The number of rotatable bonds is 3. The Hall–Kier alpha value is -0.710. The van der Waals surface area contributed by atoms with Crippen LogP contribution < -0.4 is 0 Å². The summed E-state index contributed by atoms with van der Waals surface area (Å²) >= 11 is 0. The molecule has 4 nitrogen and oxygen atoms in total. The maximum Gasteiger partial charge on any atom is 0.698 e. The molecule has 2 unspecified atom stereocenters. The first-order valence-electron chi connectivity index (χ1n) is 2.19. The summed E-state index contributed by atoms with van der Waals surface area (Å²) < 4.78 is 36.0. The van der Waals surface area contributed by atoms with Gasteiger partial charge in [0.15, 0.2) is 0 Å². The number of alkyl halides is 1. The zero-order chi connectivity index (χ0) is 9.28. The number of halogens is 2. The molecule has 11 heavy (non-hydrogen) atoms. The molecule has 0 saturated carbocycles. The van der Waals surface area contributed by atoms with Crippen LogP contribution in [0.4, 0.5) is 8.78 Å². The second-order valence-electron chi connectivity index (χ2n) is 1.01. The van der Waals surface area contributed by atoms with Gasteiger partial charge in [-0.05, 0) is 0 Å². The highest BCUT2D eigenvalue weighted by atomic mass is 31.1. The van der Waals surface area contributed by atoms with Crippen LogP contribution in [0, 0.1) is 0 Å². The van der Waals surface area contributed by atoms with E-state index in [0.717, 1.165) is 0 Å². The van der Waals surface area contributed by atoms with E-state index in [1.165, 1.54) is 0 Å². The summed E-state index contributed by atoms with van der Waals surface area (Å²) in [4.78, 5) is 15.8. The molecular formula is C4H6F2O4P+. The summed E-state index contributed by atoms with van der Waals surface area (Å²) in [6, 6.07) is 0. The molecule has 0 aromatic rings. The first kappa shape index (κ1) is 12.9. The Morgan fingerprint density at radius 3 is 2.36 bits per heavy atom. The molecule has 0 aliphatic heterocycles. The summed E-state index contributed by atoms with van der Waals surface area (Å²) in [7, 11) is -2.99. The van der Waals surface area contributed by atoms with Crippen molar-refractivity contribution in [2.75, 3.05) is 0 Å². The quantitative estimate of drug-likeness (QED) is 0.675. The van der Waals surface area contributed by atoms with Gasteiger partial charge >= 0.3 is 8.25 Å². The minimum atomic E-state index is -2.99. The Morgan fingerprint density at radius 2 is 2.09 bits per heavy atom. The molecular weight excluding hydrogens is 181 g/mol. The molecule has 0 fully saturated rings. The molecule has 0 radical (unpaired) electrons. The van der Waals surface area contributed by atoms with Gasteiger partial charge in [0.2, 0.25) is 0 Å². The Bertz CT molecular complexity index is 140. The second-order valence-corrected chi connectivity index (χ2v) is 1.70. The molecule has 0 aliphatic carbocycles. The fraction of sp³-hybridized carbons (Fsp3) is 0.250. The minimum absolute atomic E-state index is 0.108. The van der Waals surface area contributed by atoms with Crippen molar-refractivity contribution >= 4 is 15.0 Å². The van der Waals surface area contributed by atoms with Crippen LogP contribution in [0.3, 0.4) is 0 Å². The van der Waals surface area contributed by atoms with Crippen molar-refractivity contribution in [1.82, 2.24) is 0 Å². The third-order valence-corrected chi connectivity index (χ3v) is 0.797. The molecule has 64 valence electrons. The van der Waals surface area contributed by atoms with Crippen molar-refractivity contribution in [3.05, 3.63) is 12.4 Å². The van der Waals surface area contributed by atoms with Crippen LogP contribution in [-0.4, -0.2) is 18.0 Å². The summed E-state index contributed by atoms with van der Waals surface area (Å²) in [5, 5.41) is 0. The van der Waals surface area contributed by atoms with Gasteiger partial charge < -0.3 is 4.79 Å². The summed E-state index contributed by atoms with van der Waals surface area (Å²) in [5.74, 6) is 0. The molecule has 0 heterocycles. The van der Waals surface area contributed by atoms with Gasteiger partial charge in [-0.15, -0.1) is 4.89 Å². The summed E-state index contributed by atoms with van der Waals surface area (Å²) in [5.41, 5.74) is 0. The fourth-order valence-corrected chi connectivity index (χ4v) is 0.421. The highest BCUT2D eigenvalue weighted by molar-refractivity contribution is 7.32.